The smallest absolute Gasteiger partial charge is 0.0598 e. The number of ether oxygens (including phenoxy) is 1. The van der Waals surface area contributed by atoms with Gasteiger partial charge in [-0.3, -0.25) is 0 Å². The molecule has 0 aromatic heterocycles. The molecule has 0 N–H and O–H groups in total. The molecule has 0 bridgehead atoms. The van der Waals surface area contributed by atoms with Crippen molar-refractivity contribution in [1.82, 2.24) is 0 Å². The van der Waals surface area contributed by atoms with Crippen LogP contribution in [0.5, 0.6) is 0 Å². The number of fused-ring (bicyclic) bond motifs is 1. The van der Waals surface area contributed by atoms with Gasteiger partial charge in [0.2, 0.25) is 0 Å². The van der Waals surface area contributed by atoms with E-state index in [-0.39, 0.29) is 5.60 Å². The number of hydrogen-bond donors (Lipinski definition) is 0. The highest BCUT2D eigenvalue weighted by atomic mass is 16.5. The second kappa shape index (κ2) is 5.88. The van der Waals surface area contributed by atoms with E-state index in [2.05, 4.69) is 45.0 Å². The van der Waals surface area contributed by atoms with E-state index >= 15 is 0 Å². The van der Waals surface area contributed by atoms with Crippen LogP contribution in [-0.4, -0.2) is 12.2 Å². The minimum Gasteiger partial charge on any atom is -0.376 e. The molecular formula is C17H26O. The second-order valence-corrected chi connectivity index (χ2v) is 6.39. The number of unbranched alkanes of at least 4 members (excludes halogenated alkanes) is 1. The first kappa shape index (κ1) is 13.6. The second-order valence-electron chi connectivity index (χ2n) is 6.39. The van der Waals surface area contributed by atoms with Crippen LogP contribution in [0, 0.1) is 0 Å². The van der Waals surface area contributed by atoms with Crippen LogP contribution < -0.4 is 0 Å². The predicted octanol–water partition coefficient (Wildman–Crippen LogP) is 4.70. The van der Waals surface area contributed by atoms with Gasteiger partial charge in [-0.2, -0.15) is 0 Å². The van der Waals surface area contributed by atoms with Crippen LogP contribution in [0.2, 0.25) is 0 Å². The molecule has 18 heavy (non-hydrogen) atoms. The maximum Gasteiger partial charge on any atom is 0.0598 e. The van der Waals surface area contributed by atoms with Crippen molar-refractivity contribution in [2.45, 2.75) is 64.4 Å². The maximum absolute atomic E-state index is 5.76. The third-order valence-electron chi connectivity index (χ3n) is 3.74. The fourth-order valence-electron chi connectivity index (χ4n) is 2.82. The van der Waals surface area contributed by atoms with Gasteiger partial charge < -0.3 is 4.74 Å². The van der Waals surface area contributed by atoms with E-state index in [1.165, 1.54) is 32.1 Å². The maximum atomic E-state index is 5.76. The lowest BCUT2D eigenvalue weighted by molar-refractivity contribution is -0.00483. The zero-order valence-corrected chi connectivity index (χ0v) is 12.0. The Morgan fingerprint density at radius 3 is 2.72 bits per heavy atom. The van der Waals surface area contributed by atoms with Gasteiger partial charge >= 0.3 is 0 Å². The van der Waals surface area contributed by atoms with Gasteiger partial charge in [0.15, 0.2) is 0 Å². The van der Waals surface area contributed by atoms with Crippen molar-refractivity contribution in [3.05, 3.63) is 35.4 Å². The molecule has 1 aromatic carbocycles. The summed E-state index contributed by atoms with van der Waals surface area (Å²) < 4.78 is 5.76. The monoisotopic (exact) mass is 246 g/mol. The molecule has 2 rings (SSSR count). The normalized spacial score (nSPS) is 18.9. The van der Waals surface area contributed by atoms with Gasteiger partial charge in [-0.15, -0.1) is 0 Å². The summed E-state index contributed by atoms with van der Waals surface area (Å²) in [5.41, 5.74) is 3.20. The number of aryl methyl sites for hydroxylation is 1. The largest absolute Gasteiger partial charge is 0.376 e. The van der Waals surface area contributed by atoms with E-state index in [4.69, 9.17) is 4.74 Å². The molecule has 0 heterocycles. The van der Waals surface area contributed by atoms with Crippen LogP contribution >= 0.6 is 0 Å². The van der Waals surface area contributed by atoms with Gasteiger partial charge in [-0.25, -0.2) is 0 Å². The van der Waals surface area contributed by atoms with Crippen LogP contribution in [-0.2, 0) is 11.2 Å². The first-order chi connectivity index (χ1) is 8.56. The van der Waals surface area contributed by atoms with Gasteiger partial charge in [-0.05, 0) is 63.5 Å². The fraction of sp³-hybridized carbons (Fsp3) is 0.647. The third kappa shape index (κ3) is 3.84. The highest BCUT2D eigenvalue weighted by Crippen LogP contribution is 2.36. The molecule has 0 saturated carbocycles. The van der Waals surface area contributed by atoms with Crippen molar-refractivity contribution >= 4 is 0 Å². The van der Waals surface area contributed by atoms with Crippen LogP contribution in [0.15, 0.2) is 24.3 Å². The summed E-state index contributed by atoms with van der Waals surface area (Å²) >= 11 is 0. The Labute approximate surface area is 112 Å². The van der Waals surface area contributed by atoms with Gasteiger partial charge in [0, 0.05) is 6.61 Å². The van der Waals surface area contributed by atoms with Crippen LogP contribution in [0.3, 0.4) is 0 Å². The molecule has 0 aliphatic heterocycles. The number of hydrogen-bond acceptors (Lipinski definition) is 1. The summed E-state index contributed by atoms with van der Waals surface area (Å²) in [7, 11) is 0. The molecule has 0 amide bonds. The topological polar surface area (TPSA) is 9.23 Å². The van der Waals surface area contributed by atoms with Crippen molar-refractivity contribution in [1.29, 1.82) is 0 Å². The molecule has 1 nitrogen and oxygen atoms in total. The molecule has 0 radical (unpaired) electrons. The summed E-state index contributed by atoms with van der Waals surface area (Å²) in [6.45, 7) is 7.28. The minimum atomic E-state index is 0.0138. The minimum absolute atomic E-state index is 0.0138. The first-order valence-electron chi connectivity index (χ1n) is 7.28. The highest BCUT2D eigenvalue weighted by molar-refractivity contribution is 5.34. The van der Waals surface area contributed by atoms with E-state index in [0.29, 0.717) is 0 Å². The average molecular weight is 246 g/mol. The Morgan fingerprint density at radius 2 is 1.94 bits per heavy atom. The summed E-state index contributed by atoms with van der Waals surface area (Å²) in [5, 5.41) is 0. The SMILES string of the molecule is CC(C)(C)OCCCCC1CCc2ccccc21. The Morgan fingerprint density at radius 1 is 1.17 bits per heavy atom. The lowest BCUT2D eigenvalue weighted by atomic mass is 9.95. The number of rotatable bonds is 5. The molecule has 100 valence electrons. The van der Waals surface area contributed by atoms with E-state index < -0.39 is 0 Å². The Balaban J connectivity index is 1.70. The molecule has 1 heteroatoms. The van der Waals surface area contributed by atoms with Crippen molar-refractivity contribution in [3.63, 3.8) is 0 Å². The van der Waals surface area contributed by atoms with Crippen molar-refractivity contribution in [2.24, 2.45) is 0 Å². The quantitative estimate of drug-likeness (QED) is 0.684. The van der Waals surface area contributed by atoms with Crippen LogP contribution in [0.4, 0.5) is 0 Å². The lowest BCUT2D eigenvalue weighted by Crippen LogP contribution is -2.19. The Kier molecular flexibility index (Phi) is 4.45. The first-order valence-corrected chi connectivity index (χ1v) is 7.28. The van der Waals surface area contributed by atoms with E-state index in [0.717, 1.165) is 12.5 Å². The zero-order chi connectivity index (χ0) is 13.0. The molecular weight excluding hydrogens is 220 g/mol. The standard InChI is InChI=1S/C17H26O/c1-17(2,3)18-13-7-6-9-15-12-11-14-8-4-5-10-16(14)15/h4-5,8,10,15H,6-7,9,11-13H2,1-3H3. The van der Waals surface area contributed by atoms with Crippen LogP contribution in [0.1, 0.15) is 63.5 Å². The van der Waals surface area contributed by atoms with E-state index in [1.54, 1.807) is 11.1 Å². The van der Waals surface area contributed by atoms with Gasteiger partial charge in [0.1, 0.15) is 0 Å². The Hall–Kier alpha value is -0.820. The molecule has 1 atom stereocenters. The molecule has 1 unspecified atom stereocenters. The summed E-state index contributed by atoms with van der Waals surface area (Å²) in [5.74, 6) is 0.802. The molecule has 0 saturated heterocycles. The summed E-state index contributed by atoms with van der Waals surface area (Å²) in [6, 6.07) is 8.95. The van der Waals surface area contributed by atoms with Gasteiger partial charge in [-0.1, -0.05) is 30.7 Å². The molecule has 0 fully saturated rings. The lowest BCUT2D eigenvalue weighted by Gasteiger charge is -2.19. The molecule has 1 aliphatic carbocycles. The van der Waals surface area contributed by atoms with Crippen molar-refractivity contribution in [2.75, 3.05) is 6.61 Å². The van der Waals surface area contributed by atoms with Crippen LogP contribution in [0.25, 0.3) is 0 Å². The van der Waals surface area contributed by atoms with E-state index in [9.17, 15) is 0 Å². The molecule has 1 aliphatic rings. The molecule has 0 spiro atoms. The van der Waals surface area contributed by atoms with Crippen molar-refractivity contribution in [3.8, 4) is 0 Å². The average Bonchev–Trinajstić information content (AvgIpc) is 2.71. The number of benzene rings is 1. The predicted molar refractivity (Wildman–Crippen MR) is 77.1 cm³/mol. The molecule has 1 aromatic rings. The van der Waals surface area contributed by atoms with Gasteiger partial charge in [0.25, 0.3) is 0 Å². The van der Waals surface area contributed by atoms with Gasteiger partial charge in [0.05, 0.1) is 5.60 Å². The summed E-state index contributed by atoms with van der Waals surface area (Å²) in [6.07, 6.45) is 6.42. The third-order valence-corrected chi connectivity index (χ3v) is 3.74. The fourth-order valence-corrected chi connectivity index (χ4v) is 2.82. The Bertz CT molecular complexity index is 375. The highest BCUT2D eigenvalue weighted by Gasteiger charge is 2.21. The summed E-state index contributed by atoms with van der Waals surface area (Å²) in [4.78, 5) is 0. The van der Waals surface area contributed by atoms with E-state index in [1.807, 2.05) is 0 Å². The van der Waals surface area contributed by atoms with Crippen molar-refractivity contribution < 1.29 is 4.74 Å². The zero-order valence-electron chi connectivity index (χ0n) is 12.0.